The van der Waals surface area contributed by atoms with Crippen molar-refractivity contribution in [2.75, 3.05) is 0 Å². The molecule has 14 heavy (non-hydrogen) atoms. The highest BCUT2D eigenvalue weighted by molar-refractivity contribution is 5.77. The topological polar surface area (TPSA) is 57.5 Å². The third-order valence-corrected chi connectivity index (χ3v) is 1.64. The van der Waals surface area contributed by atoms with Crippen molar-refractivity contribution in [2.45, 2.75) is 26.7 Å². The largest absolute Gasteiger partial charge is 0.508 e. The summed E-state index contributed by atoms with van der Waals surface area (Å²) in [4.78, 5) is 10.2. The number of benzene rings is 1. The van der Waals surface area contributed by atoms with E-state index < -0.39 is 0 Å². The molecule has 3 nitrogen and oxygen atoms in total. The van der Waals surface area contributed by atoms with Gasteiger partial charge in [-0.2, -0.15) is 0 Å². The molecule has 0 amide bonds. The molecule has 0 saturated heterocycles. The van der Waals surface area contributed by atoms with E-state index >= 15 is 0 Å². The van der Waals surface area contributed by atoms with Gasteiger partial charge in [-0.25, -0.2) is 0 Å². The molecule has 1 aromatic rings. The summed E-state index contributed by atoms with van der Waals surface area (Å²) in [6.07, 6.45) is 1.38. The number of phenols is 2. The quantitative estimate of drug-likeness (QED) is 0.714. The van der Waals surface area contributed by atoms with E-state index in [-0.39, 0.29) is 11.5 Å². The van der Waals surface area contributed by atoms with Crippen molar-refractivity contribution < 1.29 is 15.0 Å². The summed E-state index contributed by atoms with van der Waals surface area (Å²) >= 11 is 0. The van der Waals surface area contributed by atoms with Crippen LogP contribution in [-0.2, 0) is 4.79 Å². The summed E-state index contributed by atoms with van der Waals surface area (Å²) in [6.45, 7) is 3.76. The van der Waals surface area contributed by atoms with Crippen LogP contribution in [0.15, 0.2) is 24.3 Å². The van der Waals surface area contributed by atoms with Crippen LogP contribution in [0.3, 0.4) is 0 Å². The van der Waals surface area contributed by atoms with Crippen molar-refractivity contribution in [3.8, 4) is 11.5 Å². The average molecular weight is 196 g/mol. The van der Waals surface area contributed by atoms with E-state index in [2.05, 4.69) is 0 Å². The smallest absolute Gasteiger partial charge is 0.132 e. The Morgan fingerprint density at radius 2 is 1.29 bits per heavy atom. The molecule has 0 aliphatic carbocycles. The van der Waals surface area contributed by atoms with Crippen LogP contribution in [0.2, 0.25) is 0 Å². The fraction of sp³-hybridized carbons (Fsp3) is 0.364. The van der Waals surface area contributed by atoms with Crippen LogP contribution < -0.4 is 0 Å². The summed E-state index contributed by atoms with van der Waals surface area (Å²) in [5, 5.41) is 17.3. The van der Waals surface area contributed by atoms with Gasteiger partial charge in [0.05, 0.1) is 0 Å². The predicted molar refractivity (Wildman–Crippen MR) is 55.4 cm³/mol. The van der Waals surface area contributed by atoms with Crippen LogP contribution in [0.5, 0.6) is 11.5 Å². The highest BCUT2D eigenvalue weighted by atomic mass is 16.3. The third-order valence-electron chi connectivity index (χ3n) is 1.64. The molecule has 2 N–H and O–H groups in total. The Labute approximate surface area is 84.0 Å². The summed E-state index contributed by atoms with van der Waals surface area (Å²) < 4.78 is 0. The van der Waals surface area contributed by atoms with Gasteiger partial charge < -0.3 is 10.2 Å². The molecule has 0 fully saturated rings. The number of ketones is 1. The number of rotatable bonds is 2. The van der Waals surface area contributed by atoms with E-state index in [4.69, 9.17) is 10.2 Å². The van der Waals surface area contributed by atoms with Crippen LogP contribution in [0.4, 0.5) is 0 Å². The van der Waals surface area contributed by atoms with Crippen molar-refractivity contribution >= 4 is 5.78 Å². The van der Waals surface area contributed by atoms with Crippen molar-refractivity contribution in [1.82, 2.24) is 0 Å². The number of carbonyl (C=O) groups is 1. The molecule has 78 valence electrons. The van der Waals surface area contributed by atoms with E-state index in [1.54, 1.807) is 0 Å². The summed E-state index contributed by atoms with van der Waals surface area (Å²) in [5.74, 6) is 0.681. The number of hydrogen-bond donors (Lipinski definition) is 2. The molecule has 0 heterocycles. The minimum absolute atomic E-state index is 0.169. The van der Waals surface area contributed by atoms with Crippen LogP contribution in [0, 0.1) is 0 Å². The zero-order valence-electron chi connectivity index (χ0n) is 8.53. The van der Waals surface area contributed by atoms with E-state index in [0.717, 1.165) is 0 Å². The van der Waals surface area contributed by atoms with Crippen molar-refractivity contribution in [2.24, 2.45) is 0 Å². The Balaban J connectivity index is 0.000000255. The Morgan fingerprint density at radius 3 is 1.43 bits per heavy atom. The maximum atomic E-state index is 10.2. The molecule has 0 saturated carbocycles. The van der Waals surface area contributed by atoms with Crippen molar-refractivity contribution in [3.05, 3.63) is 24.3 Å². The monoisotopic (exact) mass is 196 g/mol. The van der Waals surface area contributed by atoms with Gasteiger partial charge in [0, 0.05) is 12.8 Å². The standard InChI is InChI=1S/C6H6O2.C5H10O/c7-5-1-2-6(8)4-3-5;1-3-5(6)4-2/h1-4,7-8H;3-4H2,1-2H3. The molecule has 0 aromatic heterocycles. The fourth-order valence-corrected chi connectivity index (χ4v) is 0.703. The van der Waals surface area contributed by atoms with Gasteiger partial charge in [-0.3, -0.25) is 4.79 Å². The number of hydrogen-bond acceptors (Lipinski definition) is 3. The van der Waals surface area contributed by atoms with Gasteiger partial charge in [-0.15, -0.1) is 0 Å². The Bertz CT molecular complexity index is 237. The van der Waals surface area contributed by atoms with Crippen LogP contribution in [0.25, 0.3) is 0 Å². The summed E-state index contributed by atoms with van der Waals surface area (Å²) in [7, 11) is 0. The molecule has 0 unspecified atom stereocenters. The predicted octanol–water partition coefficient (Wildman–Crippen LogP) is 2.47. The number of phenolic OH excluding ortho intramolecular Hbond substituents is 2. The Morgan fingerprint density at radius 1 is 1.00 bits per heavy atom. The first-order valence-electron chi connectivity index (χ1n) is 4.59. The minimum Gasteiger partial charge on any atom is -0.508 e. The van der Waals surface area contributed by atoms with E-state index in [0.29, 0.717) is 18.6 Å². The summed E-state index contributed by atoms with van der Waals surface area (Å²) in [5.41, 5.74) is 0. The van der Waals surface area contributed by atoms with Gasteiger partial charge in [0.25, 0.3) is 0 Å². The molecule has 0 aliphatic rings. The second kappa shape index (κ2) is 6.95. The van der Waals surface area contributed by atoms with Gasteiger partial charge in [-0.1, -0.05) is 13.8 Å². The molecular formula is C11H16O3. The van der Waals surface area contributed by atoms with Gasteiger partial charge in [-0.05, 0) is 24.3 Å². The molecule has 1 rings (SSSR count). The van der Waals surface area contributed by atoms with Crippen molar-refractivity contribution in [1.29, 1.82) is 0 Å². The molecule has 0 radical (unpaired) electrons. The Hall–Kier alpha value is -1.51. The molecule has 0 atom stereocenters. The molecule has 0 bridgehead atoms. The second-order valence-corrected chi connectivity index (χ2v) is 2.76. The maximum Gasteiger partial charge on any atom is 0.132 e. The zero-order valence-corrected chi connectivity index (χ0v) is 8.53. The molecule has 3 heteroatoms. The number of aromatic hydroxyl groups is 2. The van der Waals surface area contributed by atoms with Gasteiger partial charge in [0.1, 0.15) is 17.3 Å². The first kappa shape index (κ1) is 12.5. The van der Waals surface area contributed by atoms with Crippen LogP contribution >= 0.6 is 0 Å². The average Bonchev–Trinajstić information content (AvgIpc) is 2.22. The lowest BCUT2D eigenvalue weighted by Gasteiger charge is -1.88. The molecule has 0 aliphatic heterocycles. The zero-order chi connectivity index (χ0) is 11.0. The minimum atomic E-state index is 0.169. The highest BCUT2D eigenvalue weighted by Gasteiger charge is 1.86. The number of Topliss-reactive ketones (excluding diaryl/α,β-unsaturated/α-hetero) is 1. The van der Waals surface area contributed by atoms with E-state index in [9.17, 15) is 4.79 Å². The third kappa shape index (κ3) is 6.06. The highest BCUT2D eigenvalue weighted by Crippen LogP contribution is 2.13. The molecule has 0 spiro atoms. The Kier molecular flexibility index (Phi) is 6.20. The first-order chi connectivity index (χ1) is 6.60. The van der Waals surface area contributed by atoms with Gasteiger partial charge >= 0.3 is 0 Å². The normalized spacial score (nSPS) is 8.71. The lowest BCUT2D eigenvalue weighted by atomic mass is 10.3. The molecule has 1 aromatic carbocycles. The first-order valence-corrected chi connectivity index (χ1v) is 4.59. The van der Waals surface area contributed by atoms with E-state index in [1.165, 1.54) is 24.3 Å². The second-order valence-electron chi connectivity index (χ2n) is 2.76. The summed E-state index contributed by atoms with van der Waals surface area (Å²) in [6, 6.07) is 5.70. The van der Waals surface area contributed by atoms with Crippen LogP contribution in [0.1, 0.15) is 26.7 Å². The maximum absolute atomic E-state index is 10.2. The van der Waals surface area contributed by atoms with E-state index in [1.807, 2.05) is 13.8 Å². The SMILES string of the molecule is CCC(=O)CC.Oc1ccc(O)cc1. The lowest BCUT2D eigenvalue weighted by Crippen LogP contribution is -1.88. The van der Waals surface area contributed by atoms with Crippen molar-refractivity contribution in [3.63, 3.8) is 0 Å². The van der Waals surface area contributed by atoms with Gasteiger partial charge in [0.15, 0.2) is 0 Å². The lowest BCUT2D eigenvalue weighted by molar-refractivity contribution is -0.118. The fourth-order valence-electron chi connectivity index (χ4n) is 0.703. The van der Waals surface area contributed by atoms with Crippen LogP contribution in [-0.4, -0.2) is 16.0 Å². The van der Waals surface area contributed by atoms with Gasteiger partial charge in [0.2, 0.25) is 0 Å². The number of carbonyl (C=O) groups excluding carboxylic acids is 1. The molecular weight excluding hydrogens is 180 g/mol.